The summed E-state index contributed by atoms with van der Waals surface area (Å²) < 4.78 is 31.0. The molecule has 6 heteroatoms. The Hall–Kier alpha value is -1.82. The predicted octanol–water partition coefficient (Wildman–Crippen LogP) is 2.33. The Kier molecular flexibility index (Phi) is 3.90. The number of rotatable bonds is 5. The summed E-state index contributed by atoms with van der Waals surface area (Å²) in [6, 6.07) is 7.70. The molecule has 1 aromatic carbocycles. The fourth-order valence-electron chi connectivity index (χ4n) is 1.70. The summed E-state index contributed by atoms with van der Waals surface area (Å²) in [5.74, 6) is 0.103. The van der Waals surface area contributed by atoms with Gasteiger partial charge in [-0.25, -0.2) is 13.2 Å². The van der Waals surface area contributed by atoms with E-state index in [0.717, 1.165) is 6.42 Å². The molecule has 0 bridgehead atoms. The average Bonchev–Trinajstić information content (AvgIpc) is 2.36. The molecule has 0 atom stereocenters. The number of unbranched alkanes of at least 4 members (excludes halogenated alkanes) is 1. The maximum absolute atomic E-state index is 11.8. The maximum atomic E-state index is 11.8. The van der Waals surface area contributed by atoms with E-state index in [2.05, 4.69) is 4.72 Å². The first-order valence-corrected chi connectivity index (χ1v) is 7.70. The Balaban J connectivity index is 2.27. The van der Waals surface area contributed by atoms with E-state index in [-0.39, 0.29) is 5.75 Å². The minimum absolute atomic E-state index is 0.103. The van der Waals surface area contributed by atoms with Gasteiger partial charge < -0.3 is 4.42 Å². The van der Waals surface area contributed by atoms with Gasteiger partial charge in [-0.1, -0.05) is 13.3 Å². The number of anilines is 1. The number of fused-ring (bicyclic) bond motifs is 1. The van der Waals surface area contributed by atoms with Gasteiger partial charge in [0.05, 0.1) is 5.75 Å². The smallest absolute Gasteiger partial charge is 0.336 e. The highest BCUT2D eigenvalue weighted by Gasteiger charge is 2.10. The third kappa shape index (κ3) is 3.57. The molecule has 0 aliphatic carbocycles. The van der Waals surface area contributed by atoms with Gasteiger partial charge in [0.1, 0.15) is 5.58 Å². The molecule has 102 valence electrons. The minimum Gasteiger partial charge on any atom is -0.423 e. The molecule has 0 fully saturated rings. The number of benzene rings is 1. The lowest BCUT2D eigenvalue weighted by atomic mass is 10.2. The zero-order chi connectivity index (χ0) is 13.9. The predicted molar refractivity (Wildman–Crippen MR) is 74.8 cm³/mol. The average molecular weight is 281 g/mol. The lowest BCUT2D eigenvalue weighted by Crippen LogP contribution is -2.16. The molecular weight excluding hydrogens is 266 g/mol. The summed E-state index contributed by atoms with van der Waals surface area (Å²) >= 11 is 0. The zero-order valence-electron chi connectivity index (χ0n) is 10.5. The van der Waals surface area contributed by atoms with Crippen LogP contribution in [-0.2, 0) is 10.0 Å². The van der Waals surface area contributed by atoms with Gasteiger partial charge in [-0.05, 0) is 30.7 Å². The molecular formula is C13H15NO4S. The third-order valence-corrected chi connectivity index (χ3v) is 4.03. The molecule has 1 aromatic heterocycles. The summed E-state index contributed by atoms with van der Waals surface area (Å²) in [5.41, 5.74) is 0.477. The Labute approximate surface area is 111 Å². The van der Waals surface area contributed by atoms with Crippen molar-refractivity contribution in [2.75, 3.05) is 10.5 Å². The van der Waals surface area contributed by atoms with E-state index in [1.165, 1.54) is 6.07 Å². The minimum atomic E-state index is -3.32. The van der Waals surface area contributed by atoms with Crippen molar-refractivity contribution in [2.45, 2.75) is 19.8 Å². The molecule has 0 aliphatic heterocycles. The fraction of sp³-hybridized carbons (Fsp3) is 0.308. The molecule has 0 unspecified atom stereocenters. The molecule has 19 heavy (non-hydrogen) atoms. The number of hydrogen-bond donors (Lipinski definition) is 1. The van der Waals surface area contributed by atoms with Gasteiger partial charge in [0.25, 0.3) is 0 Å². The van der Waals surface area contributed by atoms with Crippen LogP contribution in [0.4, 0.5) is 5.69 Å². The molecule has 2 aromatic rings. The quantitative estimate of drug-likeness (QED) is 0.853. The fourth-order valence-corrected chi connectivity index (χ4v) is 2.96. The molecule has 1 heterocycles. The zero-order valence-corrected chi connectivity index (χ0v) is 11.4. The maximum Gasteiger partial charge on any atom is 0.336 e. The van der Waals surface area contributed by atoms with E-state index in [9.17, 15) is 13.2 Å². The molecule has 0 radical (unpaired) electrons. The summed E-state index contributed by atoms with van der Waals surface area (Å²) in [5, 5.41) is 0.676. The highest BCUT2D eigenvalue weighted by molar-refractivity contribution is 7.92. The van der Waals surface area contributed by atoms with Gasteiger partial charge in [-0.15, -0.1) is 0 Å². The summed E-state index contributed by atoms with van der Waals surface area (Å²) in [6.07, 6.45) is 1.45. The van der Waals surface area contributed by atoms with Crippen molar-refractivity contribution in [3.63, 3.8) is 0 Å². The number of hydrogen-bond acceptors (Lipinski definition) is 4. The van der Waals surface area contributed by atoms with Crippen LogP contribution in [0.25, 0.3) is 11.0 Å². The van der Waals surface area contributed by atoms with Crippen molar-refractivity contribution >= 4 is 26.7 Å². The summed E-state index contributed by atoms with van der Waals surface area (Å²) in [7, 11) is -3.32. The molecule has 0 spiro atoms. The Morgan fingerprint density at radius 3 is 2.74 bits per heavy atom. The van der Waals surface area contributed by atoms with Crippen LogP contribution >= 0.6 is 0 Å². The van der Waals surface area contributed by atoms with Gasteiger partial charge in [0.15, 0.2) is 0 Å². The van der Waals surface area contributed by atoms with Crippen LogP contribution in [0.3, 0.4) is 0 Å². The van der Waals surface area contributed by atoms with Gasteiger partial charge in [0.2, 0.25) is 10.0 Å². The molecule has 0 amide bonds. The Morgan fingerprint density at radius 2 is 2.00 bits per heavy atom. The Bertz CT molecular complexity index is 734. The van der Waals surface area contributed by atoms with Crippen molar-refractivity contribution in [2.24, 2.45) is 0 Å². The van der Waals surface area contributed by atoms with Crippen molar-refractivity contribution in [3.05, 3.63) is 40.8 Å². The van der Waals surface area contributed by atoms with Crippen LogP contribution in [0.2, 0.25) is 0 Å². The molecule has 0 aliphatic rings. The van der Waals surface area contributed by atoms with Crippen LogP contribution in [0, 0.1) is 0 Å². The SMILES string of the molecule is CCCCS(=O)(=O)Nc1ccc2oc(=O)ccc2c1. The number of nitrogens with one attached hydrogen (secondary N) is 1. The van der Waals surface area contributed by atoms with Gasteiger partial charge in [0, 0.05) is 17.1 Å². The van der Waals surface area contributed by atoms with E-state index in [1.807, 2.05) is 6.92 Å². The van der Waals surface area contributed by atoms with Crippen LogP contribution < -0.4 is 10.3 Å². The van der Waals surface area contributed by atoms with Gasteiger partial charge in [-0.3, -0.25) is 4.72 Å². The van der Waals surface area contributed by atoms with E-state index in [1.54, 1.807) is 24.3 Å². The van der Waals surface area contributed by atoms with E-state index in [4.69, 9.17) is 4.42 Å². The summed E-state index contributed by atoms with van der Waals surface area (Å²) in [4.78, 5) is 11.0. The van der Waals surface area contributed by atoms with E-state index >= 15 is 0 Å². The monoisotopic (exact) mass is 281 g/mol. The van der Waals surface area contributed by atoms with Crippen molar-refractivity contribution in [1.29, 1.82) is 0 Å². The first-order valence-electron chi connectivity index (χ1n) is 6.04. The van der Waals surface area contributed by atoms with E-state index in [0.29, 0.717) is 23.1 Å². The first-order chi connectivity index (χ1) is 9.00. The molecule has 0 saturated carbocycles. The van der Waals surface area contributed by atoms with Crippen LogP contribution in [0.1, 0.15) is 19.8 Å². The second kappa shape index (κ2) is 5.44. The van der Waals surface area contributed by atoms with Crippen LogP contribution in [0.5, 0.6) is 0 Å². The normalized spacial score (nSPS) is 11.6. The van der Waals surface area contributed by atoms with Gasteiger partial charge >= 0.3 is 5.63 Å². The van der Waals surface area contributed by atoms with Crippen LogP contribution in [0.15, 0.2) is 39.5 Å². The lowest BCUT2D eigenvalue weighted by molar-refractivity contribution is 0.561. The second-order valence-corrected chi connectivity index (χ2v) is 6.12. The highest BCUT2D eigenvalue weighted by Crippen LogP contribution is 2.18. The standard InChI is InChI=1S/C13H15NO4S/c1-2-3-8-19(16,17)14-11-5-6-12-10(9-11)4-7-13(15)18-12/h4-7,9,14H,2-3,8H2,1H3. The molecule has 1 N–H and O–H groups in total. The number of sulfonamides is 1. The first kappa shape index (κ1) is 13.6. The highest BCUT2D eigenvalue weighted by atomic mass is 32.2. The summed E-state index contributed by atoms with van der Waals surface area (Å²) in [6.45, 7) is 1.94. The molecule has 0 saturated heterocycles. The molecule has 5 nitrogen and oxygen atoms in total. The lowest BCUT2D eigenvalue weighted by Gasteiger charge is -2.07. The van der Waals surface area contributed by atoms with Gasteiger partial charge in [-0.2, -0.15) is 0 Å². The van der Waals surface area contributed by atoms with E-state index < -0.39 is 15.6 Å². The Morgan fingerprint density at radius 1 is 1.21 bits per heavy atom. The van der Waals surface area contributed by atoms with Crippen molar-refractivity contribution < 1.29 is 12.8 Å². The van der Waals surface area contributed by atoms with Crippen LogP contribution in [-0.4, -0.2) is 14.2 Å². The topological polar surface area (TPSA) is 76.4 Å². The second-order valence-electron chi connectivity index (χ2n) is 4.28. The third-order valence-electron chi connectivity index (χ3n) is 2.66. The largest absolute Gasteiger partial charge is 0.423 e. The molecule has 2 rings (SSSR count). The van der Waals surface area contributed by atoms with Crippen molar-refractivity contribution in [3.8, 4) is 0 Å². The van der Waals surface area contributed by atoms with Crippen molar-refractivity contribution in [1.82, 2.24) is 0 Å².